The molecular weight excluding hydrogens is 230 g/mol. The Bertz CT molecular complexity index is 407. The molecule has 1 heterocycles. The average molecular weight is 251 g/mol. The first-order valence-electron chi connectivity index (χ1n) is 6.19. The highest BCUT2D eigenvalue weighted by Gasteiger charge is 2.15. The molecule has 0 aromatic carbocycles. The molecule has 0 spiro atoms. The quantitative estimate of drug-likeness (QED) is 0.703. The summed E-state index contributed by atoms with van der Waals surface area (Å²) in [6.07, 6.45) is 2.28. The number of carbonyl (C=O) groups is 1. The molecule has 18 heavy (non-hydrogen) atoms. The highest BCUT2D eigenvalue weighted by atomic mass is 16.2. The van der Waals surface area contributed by atoms with Gasteiger partial charge in [0.05, 0.1) is 0 Å². The van der Waals surface area contributed by atoms with Gasteiger partial charge in [-0.1, -0.05) is 6.92 Å². The number of hydrogen-bond acceptors (Lipinski definition) is 5. The van der Waals surface area contributed by atoms with E-state index in [9.17, 15) is 4.79 Å². The molecule has 0 aliphatic rings. The number of anilines is 2. The van der Waals surface area contributed by atoms with Crippen molar-refractivity contribution in [1.29, 1.82) is 0 Å². The second-order valence-electron chi connectivity index (χ2n) is 3.91. The largest absolute Gasteiger partial charge is 0.373 e. The summed E-state index contributed by atoms with van der Waals surface area (Å²) in [6.45, 7) is 6.36. The molecule has 0 aliphatic heterocycles. The van der Waals surface area contributed by atoms with E-state index < -0.39 is 0 Å². The maximum absolute atomic E-state index is 11.7. The first kappa shape index (κ1) is 14.2. The van der Waals surface area contributed by atoms with Crippen LogP contribution in [0.15, 0.2) is 6.33 Å². The van der Waals surface area contributed by atoms with Gasteiger partial charge in [0.15, 0.2) is 0 Å². The lowest BCUT2D eigenvalue weighted by molar-refractivity contribution is -0.121. The lowest BCUT2D eigenvalue weighted by Crippen LogP contribution is -2.37. The smallest absolute Gasteiger partial charge is 0.242 e. The second kappa shape index (κ2) is 6.78. The summed E-state index contributed by atoms with van der Waals surface area (Å²) in [4.78, 5) is 20.0. The second-order valence-corrected chi connectivity index (χ2v) is 3.91. The molecule has 0 aliphatic carbocycles. The first-order valence-corrected chi connectivity index (χ1v) is 6.19. The van der Waals surface area contributed by atoms with Crippen LogP contribution in [-0.4, -0.2) is 35.5 Å². The van der Waals surface area contributed by atoms with Crippen LogP contribution in [0.25, 0.3) is 0 Å². The van der Waals surface area contributed by atoms with E-state index in [2.05, 4.69) is 25.9 Å². The standard InChI is InChI=1S/C12H21N5O/c1-5-9-10(13-4)15-7-16-11(9)17-8(3)12(18)14-6-2/h7-8H,5-6H2,1-4H3,(H,14,18)(H2,13,15,16,17). The maximum atomic E-state index is 11.7. The third-order valence-corrected chi connectivity index (χ3v) is 2.63. The summed E-state index contributed by atoms with van der Waals surface area (Å²) in [5, 5.41) is 8.91. The topological polar surface area (TPSA) is 78.9 Å². The van der Waals surface area contributed by atoms with Crippen molar-refractivity contribution < 1.29 is 4.79 Å². The molecule has 0 radical (unpaired) electrons. The zero-order chi connectivity index (χ0) is 13.5. The van der Waals surface area contributed by atoms with Gasteiger partial charge in [0.25, 0.3) is 0 Å². The van der Waals surface area contributed by atoms with Crippen LogP contribution in [0.1, 0.15) is 26.3 Å². The van der Waals surface area contributed by atoms with Gasteiger partial charge < -0.3 is 16.0 Å². The lowest BCUT2D eigenvalue weighted by atomic mass is 10.2. The monoisotopic (exact) mass is 251 g/mol. The van der Waals surface area contributed by atoms with Gasteiger partial charge in [0.1, 0.15) is 24.0 Å². The normalized spacial score (nSPS) is 11.8. The van der Waals surface area contributed by atoms with Crippen molar-refractivity contribution in [3.05, 3.63) is 11.9 Å². The Kier molecular flexibility index (Phi) is 5.35. The van der Waals surface area contributed by atoms with Gasteiger partial charge in [-0.25, -0.2) is 9.97 Å². The third kappa shape index (κ3) is 3.32. The molecule has 0 saturated heterocycles. The van der Waals surface area contributed by atoms with Crippen molar-refractivity contribution in [2.45, 2.75) is 33.2 Å². The number of nitrogens with zero attached hydrogens (tertiary/aromatic N) is 2. The number of carbonyl (C=O) groups excluding carboxylic acids is 1. The number of amides is 1. The van der Waals surface area contributed by atoms with E-state index in [-0.39, 0.29) is 11.9 Å². The molecule has 0 fully saturated rings. The number of likely N-dealkylation sites (N-methyl/N-ethyl adjacent to an activating group) is 1. The van der Waals surface area contributed by atoms with Gasteiger partial charge in [0.2, 0.25) is 5.91 Å². The van der Waals surface area contributed by atoms with Gasteiger partial charge in [-0.05, 0) is 20.3 Å². The van der Waals surface area contributed by atoms with Gasteiger partial charge in [-0.2, -0.15) is 0 Å². The molecular formula is C12H21N5O. The molecule has 1 unspecified atom stereocenters. The third-order valence-electron chi connectivity index (χ3n) is 2.63. The first-order chi connectivity index (χ1) is 8.63. The Labute approximate surface area is 108 Å². The molecule has 1 rings (SSSR count). The minimum atomic E-state index is -0.324. The molecule has 6 nitrogen and oxygen atoms in total. The molecule has 0 bridgehead atoms. The van der Waals surface area contributed by atoms with Crippen LogP contribution < -0.4 is 16.0 Å². The Hall–Kier alpha value is -1.85. The van der Waals surface area contributed by atoms with E-state index in [1.807, 2.05) is 27.8 Å². The van der Waals surface area contributed by atoms with E-state index in [1.165, 1.54) is 6.33 Å². The fourth-order valence-electron chi connectivity index (χ4n) is 1.68. The van der Waals surface area contributed by atoms with Crippen LogP contribution in [0.2, 0.25) is 0 Å². The molecule has 1 amide bonds. The van der Waals surface area contributed by atoms with E-state index in [0.29, 0.717) is 12.4 Å². The summed E-state index contributed by atoms with van der Waals surface area (Å²) in [5.74, 6) is 1.46. The Balaban J connectivity index is 2.87. The van der Waals surface area contributed by atoms with Crippen LogP contribution in [0.5, 0.6) is 0 Å². The molecule has 0 saturated carbocycles. The van der Waals surface area contributed by atoms with Crippen LogP contribution in [0.4, 0.5) is 11.6 Å². The van der Waals surface area contributed by atoms with Crippen LogP contribution >= 0.6 is 0 Å². The minimum Gasteiger partial charge on any atom is -0.373 e. The fourth-order valence-corrected chi connectivity index (χ4v) is 1.68. The van der Waals surface area contributed by atoms with Gasteiger partial charge in [-0.15, -0.1) is 0 Å². The summed E-state index contributed by atoms with van der Waals surface area (Å²) in [6, 6.07) is -0.324. The van der Waals surface area contributed by atoms with Crippen molar-refractivity contribution in [2.75, 3.05) is 24.2 Å². The summed E-state index contributed by atoms with van der Waals surface area (Å²) >= 11 is 0. The Morgan fingerprint density at radius 3 is 2.56 bits per heavy atom. The number of aromatic nitrogens is 2. The summed E-state index contributed by atoms with van der Waals surface area (Å²) in [5.41, 5.74) is 0.983. The van der Waals surface area contributed by atoms with Crippen molar-refractivity contribution >= 4 is 17.5 Å². The molecule has 100 valence electrons. The van der Waals surface area contributed by atoms with Crippen LogP contribution in [-0.2, 0) is 11.2 Å². The highest BCUT2D eigenvalue weighted by Crippen LogP contribution is 2.20. The SMILES string of the molecule is CCNC(=O)C(C)Nc1ncnc(NC)c1CC. The lowest BCUT2D eigenvalue weighted by Gasteiger charge is -2.17. The van der Waals surface area contributed by atoms with Crippen LogP contribution in [0.3, 0.4) is 0 Å². The van der Waals surface area contributed by atoms with Crippen LogP contribution in [0, 0.1) is 0 Å². The van der Waals surface area contributed by atoms with Gasteiger partial charge >= 0.3 is 0 Å². The Morgan fingerprint density at radius 2 is 2.00 bits per heavy atom. The molecule has 6 heteroatoms. The average Bonchev–Trinajstić information content (AvgIpc) is 2.38. The zero-order valence-electron chi connectivity index (χ0n) is 11.4. The van der Waals surface area contributed by atoms with Crippen molar-refractivity contribution in [1.82, 2.24) is 15.3 Å². The minimum absolute atomic E-state index is 0.0378. The summed E-state index contributed by atoms with van der Waals surface area (Å²) < 4.78 is 0. The highest BCUT2D eigenvalue weighted by molar-refractivity contribution is 5.84. The zero-order valence-corrected chi connectivity index (χ0v) is 11.4. The predicted molar refractivity (Wildman–Crippen MR) is 72.7 cm³/mol. The van der Waals surface area contributed by atoms with Gasteiger partial charge in [-0.3, -0.25) is 4.79 Å². The number of hydrogen-bond donors (Lipinski definition) is 3. The fraction of sp³-hybridized carbons (Fsp3) is 0.583. The number of nitrogens with one attached hydrogen (secondary N) is 3. The molecule has 3 N–H and O–H groups in total. The van der Waals surface area contributed by atoms with Gasteiger partial charge in [0, 0.05) is 19.2 Å². The molecule has 1 aromatic heterocycles. The molecule has 1 atom stereocenters. The van der Waals surface area contributed by atoms with E-state index in [1.54, 1.807) is 0 Å². The van der Waals surface area contributed by atoms with E-state index in [0.717, 1.165) is 17.8 Å². The number of rotatable bonds is 6. The summed E-state index contributed by atoms with van der Waals surface area (Å²) in [7, 11) is 1.82. The van der Waals surface area contributed by atoms with Crippen molar-refractivity contribution in [3.8, 4) is 0 Å². The maximum Gasteiger partial charge on any atom is 0.242 e. The van der Waals surface area contributed by atoms with Crippen molar-refractivity contribution in [2.24, 2.45) is 0 Å². The van der Waals surface area contributed by atoms with Crippen molar-refractivity contribution in [3.63, 3.8) is 0 Å². The van der Waals surface area contributed by atoms with E-state index >= 15 is 0 Å². The van der Waals surface area contributed by atoms with E-state index in [4.69, 9.17) is 0 Å². The Morgan fingerprint density at radius 1 is 1.33 bits per heavy atom. The predicted octanol–water partition coefficient (Wildman–Crippen LogP) is 1.02. The molecule has 1 aromatic rings.